The highest BCUT2D eigenvalue weighted by Crippen LogP contribution is 2.26. The maximum absolute atomic E-state index is 13.6. The molecule has 5 rings (SSSR count). The number of amides is 1. The second-order valence-corrected chi connectivity index (χ2v) is 9.54. The van der Waals surface area contributed by atoms with Crippen LogP contribution in [-0.4, -0.2) is 33.4 Å². The molecule has 1 aliphatic rings. The van der Waals surface area contributed by atoms with Crippen LogP contribution < -0.4 is 5.56 Å². The van der Waals surface area contributed by atoms with Crippen LogP contribution in [0.15, 0.2) is 76.7 Å². The first-order valence-corrected chi connectivity index (χ1v) is 12.4. The van der Waals surface area contributed by atoms with Crippen LogP contribution in [0.2, 0.25) is 5.02 Å². The molecule has 1 aliphatic heterocycles. The first-order valence-electron chi connectivity index (χ1n) is 11.0. The van der Waals surface area contributed by atoms with Crippen molar-refractivity contribution in [1.29, 1.82) is 0 Å². The van der Waals surface area contributed by atoms with Crippen LogP contribution in [0.25, 0.3) is 16.6 Å². The molecule has 1 fully saturated rings. The highest BCUT2D eigenvalue weighted by atomic mass is 35.5. The van der Waals surface area contributed by atoms with Crippen molar-refractivity contribution in [2.75, 3.05) is 13.1 Å². The standard InChI is InChI=1S/C26H21ClFN3O2S/c27-19-6-3-17(4-7-19)16-34-26-29-23-15-18(24(32)30-13-1-2-14-30)5-12-22(23)25(33)31(26)21-10-8-20(28)9-11-21/h3-12,15H,1-2,13-14,16H2. The lowest BCUT2D eigenvalue weighted by Crippen LogP contribution is -2.28. The first-order chi connectivity index (χ1) is 16.5. The molecule has 2 heterocycles. The second kappa shape index (κ2) is 9.60. The summed E-state index contributed by atoms with van der Waals surface area (Å²) in [6.07, 6.45) is 2.01. The van der Waals surface area contributed by atoms with Gasteiger partial charge in [0, 0.05) is 29.4 Å². The Bertz CT molecular complexity index is 1420. The summed E-state index contributed by atoms with van der Waals surface area (Å²) in [7, 11) is 0. The fourth-order valence-corrected chi connectivity index (χ4v) is 5.14. The Morgan fingerprint density at radius 3 is 2.41 bits per heavy atom. The molecule has 0 spiro atoms. The molecule has 3 aromatic carbocycles. The number of carbonyl (C=O) groups is 1. The average molecular weight is 494 g/mol. The maximum atomic E-state index is 13.6. The van der Waals surface area contributed by atoms with E-state index in [9.17, 15) is 14.0 Å². The number of rotatable bonds is 5. The lowest BCUT2D eigenvalue weighted by Gasteiger charge is -2.16. The quantitative estimate of drug-likeness (QED) is 0.264. The molecule has 0 aliphatic carbocycles. The summed E-state index contributed by atoms with van der Waals surface area (Å²) in [6, 6.07) is 18.2. The number of carbonyl (C=O) groups excluding carboxylic acids is 1. The number of likely N-dealkylation sites (tertiary alicyclic amines) is 1. The topological polar surface area (TPSA) is 55.2 Å². The van der Waals surface area contributed by atoms with Crippen molar-refractivity contribution in [1.82, 2.24) is 14.5 Å². The second-order valence-electron chi connectivity index (χ2n) is 8.16. The molecule has 0 saturated carbocycles. The zero-order chi connectivity index (χ0) is 23.7. The predicted octanol–water partition coefficient (Wildman–Crippen LogP) is 5.71. The van der Waals surface area contributed by atoms with Crippen molar-refractivity contribution in [2.45, 2.75) is 23.8 Å². The smallest absolute Gasteiger partial charge is 0.266 e. The van der Waals surface area contributed by atoms with Crippen LogP contribution in [0.5, 0.6) is 0 Å². The Morgan fingerprint density at radius 2 is 1.71 bits per heavy atom. The molecule has 0 N–H and O–H groups in total. The summed E-state index contributed by atoms with van der Waals surface area (Å²) < 4.78 is 15.0. The van der Waals surface area contributed by atoms with E-state index in [1.165, 1.54) is 28.5 Å². The minimum Gasteiger partial charge on any atom is -0.339 e. The van der Waals surface area contributed by atoms with Crippen LogP contribution in [0.1, 0.15) is 28.8 Å². The summed E-state index contributed by atoms with van der Waals surface area (Å²) >= 11 is 7.39. The Balaban J connectivity index is 1.59. The number of aromatic nitrogens is 2. The van der Waals surface area contributed by atoms with E-state index in [0.29, 0.717) is 38.1 Å². The van der Waals surface area contributed by atoms with Gasteiger partial charge in [0.05, 0.1) is 16.6 Å². The van der Waals surface area contributed by atoms with E-state index in [2.05, 4.69) is 0 Å². The third-order valence-corrected chi connectivity index (χ3v) is 7.11. The van der Waals surface area contributed by atoms with Crippen LogP contribution in [-0.2, 0) is 5.75 Å². The van der Waals surface area contributed by atoms with Crippen molar-refractivity contribution in [3.05, 3.63) is 99.1 Å². The van der Waals surface area contributed by atoms with Crippen LogP contribution in [0.4, 0.5) is 4.39 Å². The zero-order valence-corrected chi connectivity index (χ0v) is 19.8. The highest BCUT2D eigenvalue weighted by molar-refractivity contribution is 7.98. The van der Waals surface area contributed by atoms with Gasteiger partial charge < -0.3 is 4.90 Å². The van der Waals surface area contributed by atoms with E-state index in [4.69, 9.17) is 16.6 Å². The van der Waals surface area contributed by atoms with Gasteiger partial charge in [0.1, 0.15) is 5.82 Å². The Labute approximate surface area is 205 Å². The SMILES string of the molecule is O=C(c1ccc2c(=O)n(-c3ccc(F)cc3)c(SCc3ccc(Cl)cc3)nc2c1)N1CCCC1. The van der Waals surface area contributed by atoms with E-state index in [1.807, 2.05) is 29.2 Å². The largest absolute Gasteiger partial charge is 0.339 e. The zero-order valence-electron chi connectivity index (χ0n) is 18.2. The van der Waals surface area contributed by atoms with Crippen molar-refractivity contribution in [2.24, 2.45) is 0 Å². The van der Waals surface area contributed by atoms with Gasteiger partial charge in [0.25, 0.3) is 11.5 Å². The number of thioether (sulfide) groups is 1. The van der Waals surface area contributed by atoms with Gasteiger partial charge in [0.2, 0.25) is 0 Å². The fourth-order valence-electron chi connectivity index (χ4n) is 4.04. The minimum atomic E-state index is -0.383. The van der Waals surface area contributed by atoms with E-state index < -0.39 is 0 Å². The molecule has 1 saturated heterocycles. The molecule has 0 radical (unpaired) electrons. The normalized spacial score (nSPS) is 13.5. The lowest BCUT2D eigenvalue weighted by molar-refractivity contribution is 0.0793. The number of hydrogen-bond donors (Lipinski definition) is 0. The molecule has 1 amide bonds. The molecular weight excluding hydrogens is 473 g/mol. The molecule has 0 bridgehead atoms. The molecule has 0 atom stereocenters. The van der Waals surface area contributed by atoms with Crippen LogP contribution in [0.3, 0.4) is 0 Å². The molecule has 172 valence electrons. The van der Waals surface area contributed by atoms with Gasteiger partial charge in [-0.2, -0.15) is 0 Å². The Morgan fingerprint density at radius 1 is 1.00 bits per heavy atom. The molecule has 4 aromatic rings. The molecule has 0 unspecified atom stereocenters. The van der Waals surface area contributed by atoms with E-state index in [1.54, 1.807) is 30.3 Å². The highest BCUT2D eigenvalue weighted by Gasteiger charge is 2.21. The van der Waals surface area contributed by atoms with Gasteiger partial charge in [-0.3, -0.25) is 14.2 Å². The lowest BCUT2D eigenvalue weighted by atomic mass is 10.1. The summed E-state index contributed by atoms with van der Waals surface area (Å²) in [5.74, 6) is 0.133. The van der Waals surface area contributed by atoms with Gasteiger partial charge >= 0.3 is 0 Å². The summed E-state index contributed by atoms with van der Waals surface area (Å²) in [5, 5.41) is 1.51. The monoisotopic (exact) mass is 493 g/mol. The maximum Gasteiger partial charge on any atom is 0.266 e. The van der Waals surface area contributed by atoms with Gasteiger partial charge in [-0.15, -0.1) is 0 Å². The third kappa shape index (κ3) is 4.58. The predicted molar refractivity (Wildman–Crippen MR) is 133 cm³/mol. The minimum absolute atomic E-state index is 0.0423. The van der Waals surface area contributed by atoms with Crippen molar-refractivity contribution in [3.63, 3.8) is 0 Å². The molecule has 1 aromatic heterocycles. The number of hydrogen-bond acceptors (Lipinski definition) is 4. The number of nitrogens with zero attached hydrogens (tertiary/aromatic N) is 3. The summed E-state index contributed by atoms with van der Waals surface area (Å²) in [5.41, 5.74) is 2.26. The van der Waals surface area contributed by atoms with Gasteiger partial charge in [0.15, 0.2) is 5.16 Å². The summed E-state index contributed by atoms with van der Waals surface area (Å²) in [6.45, 7) is 1.50. The molecular formula is C26H21ClFN3O2S. The number of fused-ring (bicyclic) bond motifs is 1. The molecule has 34 heavy (non-hydrogen) atoms. The van der Waals surface area contributed by atoms with E-state index in [-0.39, 0.29) is 17.3 Å². The Hall–Kier alpha value is -3.16. The summed E-state index contributed by atoms with van der Waals surface area (Å²) in [4.78, 5) is 33.0. The average Bonchev–Trinajstić information content (AvgIpc) is 3.39. The van der Waals surface area contributed by atoms with Gasteiger partial charge in [-0.1, -0.05) is 35.5 Å². The molecule has 5 nitrogen and oxygen atoms in total. The van der Waals surface area contributed by atoms with Gasteiger partial charge in [-0.25, -0.2) is 9.37 Å². The fraction of sp³-hybridized carbons (Fsp3) is 0.192. The Kier molecular flexibility index (Phi) is 6.39. The van der Waals surface area contributed by atoms with E-state index in [0.717, 1.165) is 31.5 Å². The van der Waals surface area contributed by atoms with Crippen molar-refractivity contribution < 1.29 is 9.18 Å². The van der Waals surface area contributed by atoms with E-state index >= 15 is 0 Å². The van der Waals surface area contributed by atoms with Crippen LogP contribution in [0, 0.1) is 5.82 Å². The molecule has 8 heteroatoms. The van der Waals surface area contributed by atoms with Crippen molar-refractivity contribution in [3.8, 4) is 5.69 Å². The van der Waals surface area contributed by atoms with Gasteiger partial charge in [-0.05, 0) is 73.0 Å². The third-order valence-electron chi connectivity index (χ3n) is 5.84. The first kappa shape index (κ1) is 22.6. The number of benzene rings is 3. The number of halogens is 2. The van der Waals surface area contributed by atoms with Crippen LogP contribution >= 0.6 is 23.4 Å². The van der Waals surface area contributed by atoms with Crippen molar-refractivity contribution >= 4 is 40.2 Å².